The van der Waals surface area contributed by atoms with Crippen LogP contribution in [0.5, 0.6) is 5.75 Å². The number of hydrogen-bond acceptors (Lipinski definition) is 4. The highest BCUT2D eigenvalue weighted by Crippen LogP contribution is 2.45. The number of rotatable bonds is 4. The molecular weight excluding hydrogens is 242 g/mol. The third kappa shape index (κ3) is 2.51. The molecule has 1 saturated carbocycles. The van der Waals surface area contributed by atoms with E-state index in [1.165, 1.54) is 0 Å². The van der Waals surface area contributed by atoms with Gasteiger partial charge in [0.25, 0.3) is 0 Å². The van der Waals surface area contributed by atoms with Crippen LogP contribution in [-0.2, 0) is 4.79 Å². The SMILES string of the molecule is COc1ccc(C(C#N)NC(=O)C2(C#N)CC2)cc1. The largest absolute Gasteiger partial charge is 0.497 e. The second-order valence-electron chi connectivity index (χ2n) is 4.50. The molecule has 1 amide bonds. The van der Waals surface area contributed by atoms with Gasteiger partial charge in [0.05, 0.1) is 19.2 Å². The first-order valence-corrected chi connectivity index (χ1v) is 5.91. The molecule has 1 aromatic rings. The van der Waals surface area contributed by atoms with E-state index in [2.05, 4.69) is 5.32 Å². The summed E-state index contributed by atoms with van der Waals surface area (Å²) in [5.41, 5.74) is -0.243. The van der Waals surface area contributed by atoms with Gasteiger partial charge in [0, 0.05) is 0 Å². The molecule has 1 atom stereocenters. The third-order valence-electron chi connectivity index (χ3n) is 3.25. The molecule has 0 bridgehead atoms. The average molecular weight is 255 g/mol. The Hall–Kier alpha value is -2.53. The van der Waals surface area contributed by atoms with Crippen LogP contribution in [-0.4, -0.2) is 13.0 Å². The van der Waals surface area contributed by atoms with Crippen LogP contribution in [0.2, 0.25) is 0 Å². The first-order valence-electron chi connectivity index (χ1n) is 5.91. The number of nitrogens with zero attached hydrogens (tertiary/aromatic N) is 2. The summed E-state index contributed by atoms with van der Waals surface area (Å²) in [7, 11) is 1.56. The molecule has 2 rings (SSSR count). The van der Waals surface area contributed by atoms with Crippen LogP contribution in [0.25, 0.3) is 0 Å². The van der Waals surface area contributed by atoms with E-state index >= 15 is 0 Å². The number of hydrogen-bond donors (Lipinski definition) is 1. The zero-order valence-electron chi connectivity index (χ0n) is 10.5. The number of carbonyl (C=O) groups excluding carboxylic acids is 1. The lowest BCUT2D eigenvalue weighted by Gasteiger charge is -2.14. The van der Waals surface area contributed by atoms with Gasteiger partial charge < -0.3 is 10.1 Å². The number of nitriles is 2. The lowest BCUT2D eigenvalue weighted by molar-refractivity contribution is -0.124. The summed E-state index contributed by atoms with van der Waals surface area (Å²) >= 11 is 0. The van der Waals surface area contributed by atoms with E-state index in [0.717, 1.165) is 0 Å². The van der Waals surface area contributed by atoms with Crippen molar-refractivity contribution in [3.63, 3.8) is 0 Å². The van der Waals surface area contributed by atoms with Crippen molar-refractivity contribution < 1.29 is 9.53 Å². The minimum Gasteiger partial charge on any atom is -0.497 e. The van der Waals surface area contributed by atoms with Gasteiger partial charge in [0.15, 0.2) is 0 Å². The number of amides is 1. The van der Waals surface area contributed by atoms with Crippen LogP contribution >= 0.6 is 0 Å². The molecule has 1 aliphatic carbocycles. The fourth-order valence-corrected chi connectivity index (χ4v) is 1.77. The first kappa shape index (κ1) is 12.9. The molecule has 0 saturated heterocycles. The molecule has 0 radical (unpaired) electrons. The van der Waals surface area contributed by atoms with Gasteiger partial charge in [-0.3, -0.25) is 4.79 Å². The summed E-state index contributed by atoms with van der Waals surface area (Å²) in [6.45, 7) is 0. The Morgan fingerprint density at radius 3 is 2.42 bits per heavy atom. The van der Waals surface area contributed by atoms with Gasteiger partial charge in [-0.2, -0.15) is 10.5 Å². The molecular formula is C14H13N3O2. The number of ether oxygens (including phenoxy) is 1. The van der Waals surface area contributed by atoms with Gasteiger partial charge in [-0.15, -0.1) is 0 Å². The molecule has 5 nitrogen and oxygen atoms in total. The highest BCUT2D eigenvalue weighted by atomic mass is 16.5. The van der Waals surface area contributed by atoms with Crippen LogP contribution in [0.4, 0.5) is 0 Å². The molecule has 5 heteroatoms. The van der Waals surface area contributed by atoms with Crippen molar-refractivity contribution in [3.8, 4) is 17.9 Å². The summed E-state index contributed by atoms with van der Waals surface area (Å²) in [5, 5.41) is 20.7. The third-order valence-corrected chi connectivity index (χ3v) is 3.25. The minimum atomic E-state index is -0.915. The summed E-state index contributed by atoms with van der Waals surface area (Å²) in [4.78, 5) is 11.9. The summed E-state index contributed by atoms with van der Waals surface area (Å²) in [6, 6.07) is 10.2. The van der Waals surface area contributed by atoms with Crippen molar-refractivity contribution in [2.75, 3.05) is 7.11 Å². The van der Waals surface area contributed by atoms with Crippen LogP contribution in [0.15, 0.2) is 24.3 Å². The van der Waals surface area contributed by atoms with Crippen molar-refractivity contribution in [1.29, 1.82) is 10.5 Å². The maximum Gasteiger partial charge on any atom is 0.241 e. The Labute approximate surface area is 111 Å². The predicted octanol–water partition coefficient (Wildman–Crippen LogP) is 1.68. The van der Waals surface area contributed by atoms with Gasteiger partial charge in [-0.1, -0.05) is 12.1 Å². The highest BCUT2D eigenvalue weighted by molar-refractivity contribution is 5.88. The van der Waals surface area contributed by atoms with Gasteiger partial charge in [0.2, 0.25) is 5.91 Å². The molecule has 0 aliphatic heterocycles. The number of carbonyl (C=O) groups is 1. The van der Waals surface area contributed by atoms with Crippen LogP contribution in [0.1, 0.15) is 24.4 Å². The van der Waals surface area contributed by atoms with Crippen LogP contribution < -0.4 is 10.1 Å². The Bertz CT molecular complexity index is 562. The smallest absolute Gasteiger partial charge is 0.241 e. The van der Waals surface area contributed by atoms with E-state index in [4.69, 9.17) is 15.3 Å². The Kier molecular flexibility index (Phi) is 3.39. The molecule has 1 aliphatic rings. The second kappa shape index (κ2) is 4.99. The van der Waals surface area contributed by atoms with Gasteiger partial charge in [-0.05, 0) is 30.5 Å². The minimum absolute atomic E-state index is 0.364. The van der Waals surface area contributed by atoms with Crippen molar-refractivity contribution in [1.82, 2.24) is 5.32 Å². The van der Waals surface area contributed by atoms with Gasteiger partial charge in [-0.25, -0.2) is 0 Å². The van der Waals surface area contributed by atoms with Crippen molar-refractivity contribution in [2.24, 2.45) is 5.41 Å². The first-order chi connectivity index (χ1) is 9.15. The predicted molar refractivity (Wildman–Crippen MR) is 66.8 cm³/mol. The van der Waals surface area contributed by atoms with Gasteiger partial charge in [0.1, 0.15) is 17.2 Å². The Balaban J connectivity index is 2.10. The van der Waals surface area contributed by atoms with Crippen LogP contribution in [0.3, 0.4) is 0 Å². The summed E-state index contributed by atoms with van der Waals surface area (Å²) in [6.07, 6.45) is 1.13. The van der Waals surface area contributed by atoms with E-state index in [0.29, 0.717) is 24.2 Å². The molecule has 0 aromatic heterocycles. The zero-order chi connectivity index (χ0) is 13.9. The molecule has 1 aromatic carbocycles. The molecule has 1 unspecified atom stereocenters. The summed E-state index contributed by atoms with van der Waals surface area (Å²) < 4.78 is 5.03. The van der Waals surface area contributed by atoms with Crippen LogP contribution in [0, 0.1) is 28.1 Å². The number of benzene rings is 1. The van der Waals surface area contributed by atoms with E-state index < -0.39 is 11.5 Å². The molecule has 0 spiro atoms. The van der Waals surface area contributed by atoms with E-state index in [9.17, 15) is 4.79 Å². The fourth-order valence-electron chi connectivity index (χ4n) is 1.77. The standard InChI is InChI=1S/C14H13N3O2/c1-19-11-4-2-10(3-5-11)12(8-15)17-13(18)14(9-16)6-7-14/h2-5,12H,6-7H2,1H3,(H,17,18). The fraction of sp³-hybridized carbons (Fsp3) is 0.357. The van der Waals surface area contributed by atoms with E-state index in [1.807, 2.05) is 12.1 Å². The molecule has 96 valence electrons. The monoisotopic (exact) mass is 255 g/mol. The van der Waals surface area contributed by atoms with E-state index in [1.54, 1.807) is 31.4 Å². The number of nitrogens with one attached hydrogen (secondary N) is 1. The molecule has 19 heavy (non-hydrogen) atoms. The molecule has 1 fully saturated rings. The topological polar surface area (TPSA) is 85.9 Å². The van der Waals surface area contributed by atoms with Gasteiger partial charge >= 0.3 is 0 Å². The molecule has 1 N–H and O–H groups in total. The second-order valence-corrected chi connectivity index (χ2v) is 4.50. The van der Waals surface area contributed by atoms with Crippen molar-refractivity contribution in [3.05, 3.63) is 29.8 Å². The molecule has 0 heterocycles. The summed E-state index contributed by atoms with van der Waals surface area (Å²) in [5.74, 6) is 0.319. The Morgan fingerprint density at radius 2 is 2.00 bits per heavy atom. The van der Waals surface area contributed by atoms with Crippen molar-refractivity contribution in [2.45, 2.75) is 18.9 Å². The lowest BCUT2D eigenvalue weighted by Crippen LogP contribution is -2.33. The lowest BCUT2D eigenvalue weighted by atomic mass is 10.0. The maximum atomic E-state index is 11.9. The quantitative estimate of drug-likeness (QED) is 0.886. The maximum absolute atomic E-state index is 11.9. The Morgan fingerprint density at radius 1 is 1.37 bits per heavy atom. The normalized spacial score (nSPS) is 16.6. The highest BCUT2D eigenvalue weighted by Gasteiger charge is 2.51. The van der Waals surface area contributed by atoms with Crippen molar-refractivity contribution >= 4 is 5.91 Å². The zero-order valence-corrected chi connectivity index (χ0v) is 10.5. The number of methoxy groups -OCH3 is 1. The average Bonchev–Trinajstić information content (AvgIpc) is 3.26. The van der Waals surface area contributed by atoms with E-state index in [-0.39, 0.29) is 5.91 Å².